The highest BCUT2D eigenvalue weighted by Crippen LogP contribution is 2.12. The number of H-pyrrole nitrogens is 1. The van der Waals surface area contributed by atoms with Crippen LogP contribution in [-0.2, 0) is 5.88 Å². The highest BCUT2D eigenvalue weighted by Gasteiger charge is 1.99. The molecule has 0 aliphatic carbocycles. The van der Waals surface area contributed by atoms with Crippen molar-refractivity contribution in [1.82, 2.24) is 9.97 Å². The van der Waals surface area contributed by atoms with Crippen LogP contribution in [0.2, 0.25) is 0 Å². The second-order valence-corrected chi connectivity index (χ2v) is 2.75. The number of aromatic nitrogens is 2. The van der Waals surface area contributed by atoms with E-state index in [1.165, 1.54) is 0 Å². The molecule has 0 unspecified atom stereocenters. The van der Waals surface area contributed by atoms with Crippen molar-refractivity contribution in [2.75, 3.05) is 0 Å². The summed E-state index contributed by atoms with van der Waals surface area (Å²) in [6.07, 6.45) is 0. The minimum absolute atomic E-state index is 0.437. The average Bonchev–Trinajstić information content (AvgIpc) is 2.13. The van der Waals surface area contributed by atoms with Gasteiger partial charge in [-0.3, -0.25) is 0 Å². The molecule has 0 bridgehead atoms. The third-order valence-corrected chi connectivity index (χ3v) is 2.03. The zero-order valence-electron chi connectivity index (χ0n) is 4.91. The molecule has 1 heterocycles. The average molecular weight is 209 g/mol. The van der Waals surface area contributed by atoms with Crippen LogP contribution < -0.4 is 0 Å². The predicted octanol–water partition coefficient (Wildman–Crippen LogP) is 2.22. The lowest BCUT2D eigenvalue weighted by atomic mass is 10.6. The van der Waals surface area contributed by atoms with E-state index in [-0.39, 0.29) is 0 Å². The van der Waals surface area contributed by atoms with Crippen molar-refractivity contribution < 1.29 is 0 Å². The molecule has 50 valence electrons. The molecular formula is C5H6BrClN2. The van der Waals surface area contributed by atoms with Gasteiger partial charge in [0.1, 0.15) is 10.4 Å². The Kier molecular flexibility index (Phi) is 2.13. The molecule has 0 saturated carbocycles. The molecule has 0 saturated heterocycles. The number of alkyl halides is 1. The maximum atomic E-state index is 5.50. The lowest BCUT2D eigenvalue weighted by molar-refractivity contribution is 1.10. The first-order chi connectivity index (χ1) is 4.24. The number of halogens is 2. The Bertz CT molecular complexity index is 189. The first-order valence-electron chi connectivity index (χ1n) is 2.51. The SMILES string of the molecule is Cc1[nH]c(CCl)nc1Br. The number of nitrogens with one attached hydrogen (secondary N) is 1. The van der Waals surface area contributed by atoms with Crippen molar-refractivity contribution in [3.05, 3.63) is 16.1 Å². The van der Waals surface area contributed by atoms with Crippen LogP contribution in [0, 0.1) is 6.92 Å². The summed E-state index contributed by atoms with van der Waals surface area (Å²) in [5.41, 5.74) is 1.02. The fourth-order valence-electron chi connectivity index (χ4n) is 0.562. The van der Waals surface area contributed by atoms with Gasteiger partial charge in [0.15, 0.2) is 0 Å². The van der Waals surface area contributed by atoms with Gasteiger partial charge in [0, 0.05) is 5.69 Å². The van der Waals surface area contributed by atoms with Gasteiger partial charge in [-0.2, -0.15) is 0 Å². The van der Waals surface area contributed by atoms with Gasteiger partial charge in [-0.1, -0.05) is 0 Å². The molecule has 0 aliphatic rings. The normalized spacial score (nSPS) is 10.1. The van der Waals surface area contributed by atoms with E-state index in [1.54, 1.807) is 0 Å². The van der Waals surface area contributed by atoms with E-state index in [0.717, 1.165) is 16.1 Å². The number of imidazole rings is 1. The van der Waals surface area contributed by atoms with Crippen molar-refractivity contribution in [3.8, 4) is 0 Å². The molecule has 1 N–H and O–H groups in total. The van der Waals surface area contributed by atoms with Gasteiger partial charge in [-0.15, -0.1) is 11.6 Å². The minimum atomic E-state index is 0.437. The molecule has 1 aromatic rings. The van der Waals surface area contributed by atoms with Crippen LogP contribution in [0.5, 0.6) is 0 Å². The number of hydrogen-bond acceptors (Lipinski definition) is 1. The van der Waals surface area contributed by atoms with Crippen molar-refractivity contribution in [1.29, 1.82) is 0 Å². The molecule has 2 nitrogen and oxygen atoms in total. The van der Waals surface area contributed by atoms with Gasteiger partial charge in [-0.25, -0.2) is 4.98 Å². The van der Waals surface area contributed by atoms with Gasteiger partial charge < -0.3 is 4.98 Å². The fourth-order valence-corrected chi connectivity index (χ4v) is 1.00. The second kappa shape index (κ2) is 2.71. The highest BCUT2D eigenvalue weighted by molar-refractivity contribution is 9.10. The fraction of sp³-hybridized carbons (Fsp3) is 0.400. The van der Waals surface area contributed by atoms with Gasteiger partial charge in [0.05, 0.1) is 5.88 Å². The van der Waals surface area contributed by atoms with E-state index in [0.29, 0.717) is 5.88 Å². The van der Waals surface area contributed by atoms with Crippen molar-refractivity contribution in [3.63, 3.8) is 0 Å². The molecular weight excluding hydrogens is 203 g/mol. The maximum absolute atomic E-state index is 5.50. The molecule has 0 atom stereocenters. The van der Waals surface area contributed by atoms with Crippen LogP contribution in [0.1, 0.15) is 11.5 Å². The van der Waals surface area contributed by atoms with Crippen molar-refractivity contribution in [2.24, 2.45) is 0 Å². The number of aromatic amines is 1. The number of hydrogen-bond donors (Lipinski definition) is 1. The zero-order valence-corrected chi connectivity index (χ0v) is 7.25. The summed E-state index contributed by atoms with van der Waals surface area (Å²) >= 11 is 8.75. The topological polar surface area (TPSA) is 28.7 Å². The van der Waals surface area contributed by atoms with Gasteiger partial charge in [0.2, 0.25) is 0 Å². The Balaban J connectivity index is 2.98. The van der Waals surface area contributed by atoms with Crippen LogP contribution in [-0.4, -0.2) is 9.97 Å². The molecule has 0 radical (unpaired) electrons. The highest BCUT2D eigenvalue weighted by atomic mass is 79.9. The molecule has 0 aliphatic heterocycles. The molecule has 4 heteroatoms. The predicted molar refractivity (Wildman–Crippen MR) is 40.6 cm³/mol. The largest absolute Gasteiger partial charge is 0.344 e. The monoisotopic (exact) mass is 208 g/mol. The van der Waals surface area contributed by atoms with Crippen LogP contribution >= 0.6 is 27.5 Å². The summed E-state index contributed by atoms with van der Waals surface area (Å²) in [5.74, 6) is 1.24. The van der Waals surface area contributed by atoms with Crippen LogP contribution in [0.15, 0.2) is 4.60 Å². The smallest absolute Gasteiger partial charge is 0.127 e. The Hall–Kier alpha value is -0.0200. The minimum Gasteiger partial charge on any atom is -0.344 e. The summed E-state index contributed by atoms with van der Waals surface area (Å²) in [7, 11) is 0. The van der Waals surface area contributed by atoms with Crippen LogP contribution in [0.3, 0.4) is 0 Å². The molecule has 0 aromatic carbocycles. The summed E-state index contributed by atoms with van der Waals surface area (Å²) in [6.45, 7) is 1.94. The zero-order chi connectivity index (χ0) is 6.85. The Morgan fingerprint density at radius 2 is 2.44 bits per heavy atom. The Labute approximate surface area is 66.8 Å². The quantitative estimate of drug-likeness (QED) is 0.706. The number of nitrogens with zero attached hydrogens (tertiary/aromatic N) is 1. The van der Waals surface area contributed by atoms with E-state index in [2.05, 4.69) is 25.9 Å². The molecule has 0 spiro atoms. The lowest BCUT2D eigenvalue weighted by Gasteiger charge is -1.80. The third kappa shape index (κ3) is 1.46. The van der Waals surface area contributed by atoms with E-state index < -0.39 is 0 Å². The van der Waals surface area contributed by atoms with Gasteiger partial charge >= 0.3 is 0 Å². The van der Waals surface area contributed by atoms with Gasteiger partial charge in [-0.05, 0) is 22.9 Å². The lowest BCUT2D eigenvalue weighted by Crippen LogP contribution is -1.78. The van der Waals surface area contributed by atoms with Crippen LogP contribution in [0.25, 0.3) is 0 Å². The summed E-state index contributed by atoms with van der Waals surface area (Å²) < 4.78 is 0.846. The molecule has 0 amide bonds. The summed E-state index contributed by atoms with van der Waals surface area (Å²) in [6, 6.07) is 0. The van der Waals surface area contributed by atoms with Crippen molar-refractivity contribution in [2.45, 2.75) is 12.8 Å². The summed E-state index contributed by atoms with van der Waals surface area (Å²) in [4.78, 5) is 7.06. The number of aryl methyl sites for hydroxylation is 1. The Morgan fingerprint density at radius 1 is 1.78 bits per heavy atom. The first kappa shape index (κ1) is 7.09. The van der Waals surface area contributed by atoms with E-state index in [9.17, 15) is 0 Å². The second-order valence-electron chi connectivity index (χ2n) is 1.73. The summed E-state index contributed by atoms with van der Waals surface area (Å²) in [5, 5.41) is 0. The number of rotatable bonds is 1. The van der Waals surface area contributed by atoms with Gasteiger partial charge in [0.25, 0.3) is 0 Å². The molecule has 1 rings (SSSR count). The third-order valence-electron chi connectivity index (χ3n) is 1.00. The van der Waals surface area contributed by atoms with E-state index >= 15 is 0 Å². The van der Waals surface area contributed by atoms with Crippen molar-refractivity contribution >= 4 is 27.5 Å². The maximum Gasteiger partial charge on any atom is 0.127 e. The molecule has 9 heavy (non-hydrogen) atoms. The van der Waals surface area contributed by atoms with Crippen LogP contribution in [0.4, 0.5) is 0 Å². The molecule has 0 fully saturated rings. The Morgan fingerprint density at radius 3 is 2.67 bits per heavy atom. The van der Waals surface area contributed by atoms with E-state index in [1.807, 2.05) is 6.92 Å². The van der Waals surface area contributed by atoms with E-state index in [4.69, 9.17) is 11.6 Å². The first-order valence-corrected chi connectivity index (χ1v) is 3.83. The molecule has 1 aromatic heterocycles. The standard InChI is InChI=1S/C5H6BrClN2/c1-3-5(6)9-4(2-7)8-3/h2H2,1H3,(H,8,9).